The molecule has 0 fully saturated rings. The van der Waals surface area contributed by atoms with Crippen molar-refractivity contribution in [3.05, 3.63) is 83.9 Å². The Labute approximate surface area is 146 Å². The summed E-state index contributed by atoms with van der Waals surface area (Å²) in [6.45, 7) is 0. The molecule has 0 amide bonds. The summed E-state index contributed by atoms with van der Waals surface area (Å²) >= 11 is 8.54. The van der Waals surface area contributed by atoms with Gasteiger partial charge in [0.25, 0.3) is 0 Å². The average molecular weight is 338 g/mol. The van der Waals surface area contributed by atoms with Crippen molar-refractivity contribution in [2.45, 2.75) is 10.3 Å². The molecule has 1 nitrogen and oxygen atoms in total. The molecule has 0 spiro atoms. The Morgan fingerprint density at radius 1 is 0.826 bits per heavy atom. The molecule has 0 aromatic heterocycles. The van der Waals surface area contributed by atoms with E-state index >= 15 is 0 Å². The zero-order valence-electron chi connectivity index (χ0n) is 12.7. The molecule has 0 bridgehead atoms. The predicted molar refractivity (Wildman–Crippen MR) is 100 cm³/mol. The van der Waals surface area contributed by atoms with E-state index in [0.717, 1.165) is 5.56 Å². The summed E-state index contributed by atoms with van der Waals surface area (Å²) in [6, 6.07) is 25.4. The minimum Gasteiger partial charge on any atom is -0.315 e. The van der Waals surface area contributed by atoms with Gasteiger partial charge in [0.2, 0.25) is 0 Å². The minimum absolute atomic E-state index is 0.122. The second kappa shape index (κ2) is 5.95. The van der Waals surface area contributed by atoms with Crippen molar-refractivity contribution < 1.29 is 0 Å². The second-order valence-corrected chi connectivity index (χ2v) is 7.24. The maximum absolute atomic E-state index is 6.81. The highest BCUT2D eigenvalue weighted by Crippen LogP contribution is 2.46. The zero-order chi connectivity index (χ0) is 15.8. The first-order valence-corrected chi connectivity index (χ1v) is 8.79. The lowest BCUT2D eigenvalue weighted by atomic mass is 9.99. The number of fused-ring (bicyclic) bond motifs is 2. The lowest BCUT2D eigenvalue weighted by molar-refractivity contribution is 1.09. The van der Waals surface area contributed by atoms with Gasteiger partial charge in [-0.25, -0.2) is 0 Å². The van der Waals surface area contributed by atoms with Gasteiger partial charge in [0, 0.05) is 11.9 Å². The highest BCUT2D eigenvalue weighted by atomic mass is 35.5. The van der Waals surface area contributed by atoms with E-state index < -0.39 is 0 Å². The number of para-hydroxylation sites is 1. The Hall–Kier alpha value is -1.90. The van der Waals surface area contributed by atoms with Gasteiger partial charge in [0.1, 0.15) is 0 Å². The summed E-state index contributed by atoms with van der Waals surface area (Å²) in [6.07, 6.45) is 0. The van der Waals surface area contributed by atoms with E-state index in [4.69, 9.17) is 11.6 Å². The van der Waals surface area contributed by atoms with Crippen LogP contribution in [0.15, 0.2) is 77.7 Å². The molecular formula is C20H16ClNS. The third-order valence-electron chi connectivity index (χ3n) is 4.18. The van der Waals surface area contributed by atoms with Gasteiger partial charge in [-0.1, -0.05) is 60.7 Å². The van der Waals surface area contributed by atoms with Crippen molar-refractivity contribution in [3.63, 3.8) is 0 Å². The van der Waals surface area contributed by atoms with Crippen molar-refractivity contribution in [1.29, 1.82) is 0 Å². The molecule has 4 rings (SSSR count). The molecule has 114 valence electrons. The first kappa shape index (κ1) is 14.7. The van der Waals surface area contributed by atoms with Crippen LogP contribution in [-0.2, 0) is 0 Å². The van der Waals surface area contributed by atoms with E-state index in [9.17, 15) is 0 Å². The monoisotopic (exact) mass is 337 g/mol. The fourth-order valence-electron chi connectivity index (χ4n) is 2.99. The molecule has 3 heteroatoms. The van der Waals surface area contributed by atoms with Crippen LogP contribution in [0.3, 0.4) is 0 Å². The number of hydrogen-bond acceptors (Lipinski definition) is 2. The second-order valence-electron chi connectivity index (χ2n) is 5.63. The van der Waals surface area contributed by atoms with Crippen molar-refractivity contribution in [2.24, 2.45) is 0 Å². The predicted octanol–water partition coefficient (Wildman–Crippen LogP) is 6.14. The molecule has 23 heavy (non-hydrogen) atoms. The number of anilines is 1. The molecule has 3 aromatic rings. The lowest BCUT2D eigenvalue weighted by Crippen LogP contribution is -2.06. The summed E-state index contributed by atoms with van der Waals surface area (Å²) in [4.78, 5) is 1.21. The summed E-state index contributed by atoms with van der Waals surface area (Å²) in [5.74, 6) is 0. The molecular weight excluding hydrogens is 322 g/mol. The van der Waals surface area contributed by atoms with Crippen LogP contribution in [0.4, 0.5) is 5.69 Å². The van der Waals surface area contributed by atoms with Crippen molar-refractivity contribution >= 4 is 29.2 Å². The van der Waals surface area contributed by atoms with Crippen LogP contribution < -0.4 is 4.31 Å². The fourth-order valence-corrected chi connectivity index (χ4v) is 4.46. The molecule has 1 heterocycles. The summed E-state index contributed by atoms with van der Waals surface area (Å²) in [7, 11) is 2.09. The van der Waals surface area contributed by atoms with E-state index in [1.165, 1.54) is 27.3 Å². The Bertz CT molecular complexity index is 847. The van der Waals surface area contributed by atoms with Gasteiger partial charge in [-0.15, -0.1) is 11.6 Å². The van der Waals surface area contributed by atoms with Gasteiger partial charge >= 0.3 is 0 Å². The van der Waals surface area contributed by atoms with Gasteiger partial charge in [0.05, 0.1) is 11.1 Å². The number of rotatable bonds is 1. The number of hydrogen-bond donors (Lipinski definition) is 0. The maximum atomic E-state index is 6.81. The van der Waals surface area contributed by atoms with Crippen LogP contribution in [0.1, 0.15) is 16.5 Å². The van der Waals surface area contributed by atoms with Crippen molar-refractivity contribution in [2.75, 3.05) is 11.4 Å². The zero-order valence-corrected chi connectivity index (χ0v) is 14.3. The Balaban J connectivity index is 1.84. The molecule has 3 aromatic carbocycles. The smallest absolute Gasteiger partial charge is 0.0867 e. The molecule has 0 aliphatic carbocycles. The third-order valence-corrected chi connectivity index (χ3v) is 5.67. The number of halogens is 1. The molecule has 0 saturated heterocycles. The fraction of sp³-hybridized carbons (Fsp3) is 0.100. The van der Waals surface area contributed by atoms with Crippen LogP contribution in [0, 0.1) is 0 Å². The standard InChI is InChI=1S/C20H16ClNS/c1-22-18-10-6-5-9-16(18)20(21)17-12-11-15(13-19(17)23-22)14-7-3-2-4-8-14/h2-13,20H,1H3. The van der Waals surface area contributed by atoms with E-state index in [1.54, 1.807) is 11.9 Å². The van der Waals surface area contributed by atoms with Crippen LogP contribution in [0.5, 0.6) is 0 Å². The molecule has 1 unspecified atom stereocenters. The number of benzene rings is 3. The van der Waals surface area contributed by atoms with Crippen LogP contribution >= 0.6 is 23.5 Å². The van der Waals surface area contributed by atoms with E-state index in [2.05, 4.69) is 78.1 Å². The normalized spacial score (nSPS) is 16.4. The first-order valence-electron chi connectivity index (χ1n) is 7.58. The van der Waals surface area contributed by atoms with E-state index in [1.807, 2.05) is 6.07 Å². The molecule has 1 atom stereocenters. The molecule has 0 N–H and O–H groups in total. The third kappa shape index (κ3) is 2.62. The number of nitrogens with zero attached hydrogens (tertiary/aromatic N) is 1. The summed E-state index contributed by atoms with van der Waals surface area (Å²) in [5, 5.41) is -0.122. The van der Waals surface area contributed by atoms with Crippen molar-refractivity contribution in [1.82, 2.24) is 0 Å². The highest BCUT2D eigenvalue weighted by Gasteiger charge is 2.25. The summed E-state index contributed by atoms with van der Waals surface area (Å²) in [5.41, 5.74) is 5.96. The van der Waals surface area contributed by atoms with Crippen LogP contribution in [0.2, 0.25) is 0 Å². The van der Waals surface area contributed by atoms with Gasteiger partial charge in [-0.2, -0.15) is 0 Å². The number of alkyl halides is 1. The molecule has 1 aliphatic rings. The van der Waals surface area contributed by atoms with Gasteiger partial charge in [0.15, 0.2) is 0 Å². The minimum atomic E-state index is -0.122. The summed E-state index contributed by atoms with van der Waals surface area (Å²) < 4.78 is 2.20. The molecule has 0 radical (unpaired) electrons. The van der Waals surface area contributed by atoms with Gasteiger partial charge < -0.3 is 4.31 Å². The Kier molecular flexibility index (Phi) is 3.80. The van der Waals surface area contributed by atoms with Crippen LogP contribution in [0.25, 0.3) is 11.1 Å². The van der Waals surface area contributed by atoms with E-state index in [-0.39, 0.29) is 5.38 Å². The Morgan fingerprint density at radius 2 is 1.57 bits per heavy atom. The highest BCUT2D eigenvalue weighted by molar-refractivity contribution is 8.00. The molecule has 0 saturated carbocycles. The average Bonchev–Trinajstić information content (AvgIpc) is 2.71. The SMILES string of the molecule is CN1Sc2cc(-c3ccccc3)ccc2C(Cl)c2ccccc21. The molecule has 1 aliphatic heterocycles. The van der Waals surface area contributed by atoms with Gasteiger partial charge in [-0.05, 0) is 46.3 Å². The first-order chi connectivity index (χ1) is 11.2. The van der Waals surface area contributed by atoms with Crippen LogP contribution in [-0.4, -0.2) is 7.05 Å². The lowest BCUT2D eigenvalue weighted by Gasteiger charge is -2.18. The van der Waals surface area contributed by atoms with Crippen molar-refractivity contribution in [3.8, 4) is 11.1 Å². The maximum Gasteiger partial charge on any atom is 0.0867 e. The Morgan fingerprint density at radius 3 is 2.39 bits per heavy atom. The quantitative estimate of drug-likeness (QED) is 0.387. The van der Waals surface area contributed by atoms with Gasteiger partial charge in [-0.3, -0.25) is 0 Å². The largest absolute Gasteiger partial charge is 0.315 e. The topological polar surface area (TPSA) is 3.24 Å². The van der Waals surface area contributed by atoms with E-state index in [0.29, 0.717) is 0 Å².